The molecule has 0 saturated heterocycles. The SMILES string of the molecule is CC1=CCC(Br)O1. The predicted octanol–water partition coefficient (Wildman–Crippen LogP) is 2.03. The van der Waals surface area contributed by atoms with E-state index in [9.17, 15) is 0 Å². The molecule has 0 aromatic carbocycles. The average Bonchev–Trinajstić information content (AvgIpc) is 1.87. The zero-order valence-electron chi connectivity index (χ0n) is 4.15. The Balaban J connectivity index is 2.42. The van der Waals surface area contributed by atoms with Gasteiger partial charge in [-0.2, -0.15) is 0 Å². The Morgan fingerprint density at radius 2 is 2.71 bits per heavy atom. The first kappa shape index (κ1) is 5.16. The number of hydrogen-bond donors (Lipinski definition) is 0. The summed E-state index contributed by atoms with van der Waals surface area (Å²) in [6.45, 7) is 1.96. The van der Waals surface area contributed by atoms with Gasteiger partial charge in [-0.15, -0.1) is 0 Å². The third-order valence-corrected chi connectivity index (χ3v) is 1.47. The second kappa shape index (κ2) is 1.86. The van der Waals surface area contributed by atoms with E-state index < -0.39 is 0 Å². The minimum atomic E-state index is 0.243. The highest BCUT2D eigenvalue weighted by Gasteiger charge is 2.08. The van der Waals surface area contributed by atoms with Crippen molar-refractivity contribution in [2.24, 2.45) is 0 Å². The smallest absolute Gasteiger partial charge is 0.156 e. The lowest BCUT2D eigenvalue weighted by molar-refractivity contribution is 0.223. The minimum Gasteiger partial charge on any atom is -0.484 e. The molecular weight excluding hydrogens is 156 g/mol. The maximum atomic E-state index is 5.14. The van der Waals surface area contributed by atoms with Crippen molar-refractivity contribution < 1.29 is 4.74 Å². The van der Waals surface area contributed by atoms with E-state index in [0.717, 1.165) is 12.2 Å². The highest BCUT2D eigenvalue weighted by molar-refractivity contribution is 9.09. The second-order valence-electron chi connectivity index (χ2n) is 1.58. The van der Waals surface area contributed by atoms with Gasteiger partial charge < -0.3 is 4.74 Å². The number of rotatable bonds is 0. The van der Waals surface area contributed by atoms with Crippen LogP contribution in [0.3, 0.4) is 0 Å². The zero-order chi connectivity index (χ0) is 5.28. The maximum absolute atomic E-state index is 5.14. The van der Waals surface area contributed by atoms with Crippen LogP contribution in [-0.2, 0) is 4.74 Å². The highest BCUT2D eigenvalue weighted by atomic mass is 79.9. The molecule has 0 aliphatic carbocycles. The summed E-state index contributed by atoms with van der Waals surface area (Å²) in [5.74, 6) is 1.03. The maximum Gasteiger partial charge on any atom is 0.156 e. The number of hydrogen-bond acceptors (Lipinski definition) is 1. The number of ether oxygens (including phenoxy) is 1. The zero-order valence-corrected chi connectivity index (χ0v) is 5.73. The number of halogens is 1. The van der Waals surface area contributed by atoms with Crippen LogP contribution in [0.1, 0.15) is 13.3 Å². The van der Waals surface area contributed by atoms with E-state index in [1.807, 2.05) is 6.92 Å². The monoisotopic (exact) mass is 162 g/mol. The van der Waals surface area contributed by atoms with Crippen LogP contribution in [-0.4, -0.2) is 5.01 Å². The van der Waals surface area contributed by atoms with Gasteiger partial charge in [0.25, 0.3) is 0 Å². The molecule has 1 nitrogen and oxygen atoms in total. The van der Waals surface area contributed by atoms with E-state index in [1.165, 1.54) is 0 Å². The van der Waals surface area contributed by atoms with Crippen LogP contribution < -0.4 is 0 Å². The fourth-order valence-corrected chi connectivity index (χ4v) is 1.04. The van der Waals surface area contributed by atoms with Crippen molar-refractivity contribution >= 4 is 15.9 Å². The average molecular weight is 163 g/mol. The van der Waals surface area contributed by atoms with Crippen molar-refractivity contribution in [3.8, 4) is 0 Å². The molecule has 7 heavy (non-hydrogen) atoms. The van der Waals surface area contributed by atoms with Crippen molar-refractivity contribution in [2.45, 2.75) is 18.4 Å². The summed E-state index contributed by atoms with van der Waals surface area (Å²) in [5.41, 5.74) is 0. The molecule has 0 N–H and O–H groups in total. The van der Waals surface area contributed by atoms with E-state index in [-0.39, 0.29) is 5.01 Å². The number of alkyl halides is 1. The first-order valence-corrected chi connectivity index (χ1v) is 3.18. The van der Waals surface area contributed by atoms with Crippen LogP contribution in [0.5, 0.6) is 0 Å². The fraction of sp³-hybridized carbons (Fsp3) is 0.600. The van der Waals surface area contributed by atoms with Gasteiger partial charge in [-0.1, -0.05) is 0 Å². The summed E-state index contributed by atoms with van der Waals surface area (Å²) >= 11 is 3.30. The Labute approximate surface area is 51.5 Å². The summed E-state index contributed by atoms with van der Waals surface area (Å²) in [6.07, 6.45) is 3.07. The summed E-state index contributed by atoms with van der Waals surface area (Å²) in [6, 6.07) is 0. The van der Waals surface area contributed by atoms with Crippen LogP contribution in [0.4, 0.5) is 0 Å². The van der Waals surface area contributed by atoms with Gasteiger partial charge in [0.05, 0.1) is 5.76 Å². The van der Waals surface area contributed by atoms with Gasteiger partial charge in [0, 0.05) is 6.42 Å². The van der Waals surface area contributed by atoms with Gasteiger partial charge in [-0.3, -0.25) is 0 Å². The molecule has 0 aromatic rings. The van der Waals surface area contributed by atoms with E-state index in [4.69, 9.17) is 4.74 Å². The van der Waals surface area contributed by atoms with Crippen LogP contribution in [0, 0.1) is 0 Å². The molecule has 1 heterocycles. The van der Waals surface area contributed by atoms with Crippen LogP contribution in [0.15, 0.2) is 11.8 Å². The first-order valence-electron chi connectivity index (χ1n) is 2.26. The topological polar surface area (TPSA) is 9.23 Å². The molecule has 0 fully saturated rings. The molecule has 40 valence electrons. The minimum absolute atomic E-state index is 0.243. The van der Waals surface area contributed by atoms with Crippen LogP contribution in [0.25, 0.3) is 0 Å². The molecule has 0 spiro atoms. The highest BCUT2D eigenvalue weighted by Crippen LogP contribution is 2.19. The predicted molar refractivity (Wildman–Crippen MR) is 32.2 cm³/mol. The van der Waals surface area contributed by atoms with E-state index in [0.29, 0.717) is 0 Å². The summed E-state index contributed by atoms with van der Waals surface area (Å²) in [5, 5.41) is 0.243. The van der Waals surface area contributed by atoms with Crippen molar-refractivity contribution in [2.75, 3.05) is 0 Å². The molecule has 2 heteroatoms. The standard InChI is InChI=1S/C5H7BrO/c1-4-2-3-5(6)7-4/h2,5H,3H2,1H3. The molecule has 1 unspecified atom stereocenters. The van der Waals surface area contributed by atoms with Crippen molar-refractivity contribution in [3.05, 3.63) is 11.8 Å². The van der Waals surface area contributed by atoms with Gasteiger partial charge in [0.1, 0.15) is 0 Å². The lowest BCUT2D eigenvalue weighted by Gasteiger charge is -1.99. The van der Waals surface area contributed by atoms with E-state index in [1.54, 1.807) is 0 Å². The van der Waals surface area contributed by atoms with Gasteiger partial charge in [0.2, 0.25) is 0 Å². The Kier molecular flexibility index (Phi) is 1.38. The third-order valence-electron chi connectivity index (χ3n) is 0.904. The van der Waals surface area contributed by atoms with Crippen molar-refractivity contribution in [3.63, 3.8) is 0 Å². The molecule has 1 atom stereocenters. The molecule has 0 aromatic heterocycles. The largest absolute Gasteiger partial charge is 0.484 e. The van der Waals surface area contributed by atoms with Gasteiger partial charge in [-0.05, 0) is 28.9 Å². The quantitative estimate of drug-likeness (QED) is 0.496. The summed E-state index contributed by atoms with van der Waals surface area (Å²) < 4.78 is 5.14. The lowest BCUT2D eigenvalue weighted by Crippen LogP contribution is -1.90. The Bertz CT molecular complexity index is 98.3. The molecule has 1 aliphatic rings. The van der Waals surface area contributed by atoms with Crippen molar-refractivity contribution in [1.29, 1.82) is 0 Å². The number of allylic oxidation sites excluding steroid dienone is 1. The Morgan fingerprint density at radius 1 is 2.00 bits per heavy atom. The summed E-state index contributed by atoms with van der Waals surface area (Å²) in [7, 11) is 0. The first-order chi connectivity index (χ1) is 3.29. The molecule has 0 bridgehead atoms. The van der Waals surface area contributed by atoms with Crippen LogP contribution in [0.2, 0.25) is 0 Å². The molecule has 0 radical (unpaired) electrons. The Hall–Kier alpha value is 0.0200. The Morgan fingerprint density at radius 3 is 2.86 bits per heavy atom. The van der Waals surface area contributed by atoms with E-state index in [2.05, 4.69) is 22.0 Å². The van der Waals surface area contributed by atoms with Gasteiger partial charge >= 0.3 is 0 Å². The third kappa shape index (κ3) is 1.20. The van der Waals surface area contributed by atoms with Gasteiger partial charge in [-0.25, -0.2) is 0 Å². The van der Waals surface area contributed by atoms with Crippen molar-refractivity contribution in [1.82, 2.24) is 0 Å². The molecule has 1 rings (SSSR count). The molecular formula is C5H7BrO. The molecule has 0 saturated carbocycles. The molecule has 0 amide bonds. The fourth-order valence-electron chi connectivity index (χ4n) is 0.557. The summed E-state index contributed by atoms with van der Waals surface area (Å²) in [4.78, 5) is 0. The normalized spacial score (nSPS) is 29.4. The van der Waals surface area contributed by atoms with Crippen LogP contribution >= 0.6 is 15.9 Å². The molecule has 1 aliphatic heterocycles. The van der Waals surface area contributed by atoms with E-state index >= 15 is 0 Å². The second-order valence-corrected chi connectivity index (χ2v) is 2.60. The van der Waals surface area contributed by atoms with Gasteiger partial charge in [0.15, 0.2) is 5.01 Å². The lowest BCUT2D eigenvalue weighted by atomic mass is 10.4.